The Kier molecular flexibility index (Phi) is 16.8. The number of rotatable bonds is 23. The zero-order valence-electron chi connectivity index (χ0n) is 37.7. The average molecular weight is 915 g/mol. The lowest BCUT2D eigenvalue weighted by molar-refractivity contribution is -0.145. The molecule has 1 aromatic heterocycles. The fourth-order valence-electron chi connectivity index (χ4n) is 8.00. The molecule has 3 heterocycles. The highest BCUT2D eigenvalue weighted by Crippen LogP contribution is 2.49. The van der Waals surface area contributed by atoms with Crippen molar-refractivity contribution in [3.8, 4) is 34.2 Å². The van der Waals surface area contributed by atoms with Crippen molar-refractivity contribution in [2.24, 2.45) is 0 Å². The molecule has 0 saturated carbocycles. The van der Waals surface area contributed by atoms with E-state index < -0.39 is 21.5 Å². The van der Waals surface area contributed by atoms with Gasteiger partial charge in [0, 0.05) is 73.3 Å². The SMILES string of the molecule is COCCOCC[N+](CCOCCOC)=c1ccc2c(-c3ccccc3)c(C)c(C=CC=C3N(CCCCCC(=O)On4c(O)ccc4O)c4ccc(S(=O)(=O)O)cc4C3(C)C)oc-2c1. The van der Waals surface area contributed by atoms with Gasteiger partial charge in [0.15, 0.2) is 13.1 Å². The second-order valence-corrected chi connectivity index (χ2v) is 17.6. The van der Waals surface area contributed by atoms with E-state index >= 15 is 0 Å². The van der Waals surface area contributed by atoms with Gasteiger partial charge in [-0.25, -0.2) is 9.37 Å². The zero-order valence-corrected chi connectivity index (χ0v) is 38.5. The molecule has 0 radical (unpaired) electrons. The molecule has 0 amide bonds. The molecule has 0 unspecified atom stereocenters. The first-order valence-corrected chi connectivity index (χ1v) is 23.1. The summed E-state index contributed by atoms with van der Waals surface area (Å²) in [7, 11) is -1.16. The number of ether oxygens (including phenoxy) is 4. The van der Waals surface area contributed by atoms with Crippen molar-refractivity contribution >= 4 is 27.9 Å². The van der Waals surface area contributed by atoms with Crippen LogP contribution in [-0.2, 0) is 39.3 Å². The van der Waals surface area contributed by atoms with Crippen LogP contribution < -0.4 is 19.7 Å². The van der Waals surface area contributed by atoms with E-state index in [4.69, 9.17) is 28.2 Å². The minimum atomic E-state index is -4.46. The summed E-state index contributed by atoms with van der Waals surface area (Å²) < 4.78 is 66.1. The number of benzene rings is 3. The Morgan fingerprint density at radius 2 is 1.51 bits per heavy atom. The lowest BCUT2D eigenvalue weighted by atomic mass is 9.83. The molecule has 0 spiro atoms. The number of carbonyl (C=O) groups excluding carboxylic acids is 1. The Morgan fingerprint density at radius 1 is 0.831 bits per heavy atom. The molecule has 2 aromatic carbocycles. The van der Waals surface area contributed by atoms with Crippen molar-refractivity contribution in [1.29, 1.82) is 0 Å². The third-order valence-corrected chi connectivity index (χ3v) is 12.3. The molecule has 6 rings (SSSR count). The van der Waals surface area contributed by atoms with Crippen LogP contribution >= 0.6 is 0 Å². The van der Waals surface area contributed by atoms with Crippen molar-refractivity contribution in [3.05, 3.63) is 119 Å². The molecule has 15 nitrogen and oxygen atoms in total. The van der Waals surface area contributed by atoms with Crippen molar-refractivity contribution < 1.29 is 56.2 Å². The summed E-state index contributed by atoms with van der Waals surface area (Å²) in [6, 6.07) is 23.5. The third-order valence-electron chi connectivity index (χ3n) is 11.4. The Labute approximate surface area is 380 Å². The van der Waals surface area contributed by atoms with Gasteiger partial charge in [0.1, 0.15) is 24.7 Å². The van der Waals surface area contributed by atoms with Gasteiger partial charge in [-0.15, -0.1) is 4.73 Å². The Hall–Kier alpha value is -5.75. The predicted octanol–water partition coefficient (Wildman–Crippen LogP) is 6.83. The lowest BCUT2D eigenvalue weighted by Gasteiger charge is -2.27. The van der Waals surface area contributed by atoms with Gasteiger partial charge in [-0.3, -0.25) is 4.55 Å². The first kappa shape index (κ1) is 48.7. The van der Waals surface area contributed by atoms with E-state index in [1.54, 1.807) is 20.3 Å². The van der Waals surface area contributed by atoms with E-state index in [-0.39, 0.29) is 23.1 Å². The first-order valence-electron chi connectivity index (χ1n) is 21.7. The summed E-state index contributed by atoms with van der Waals surface area (Å²) in [5, 5.41) is 20.6. The molecule has 2 aliphatic heterocycles. The number of aromatic nitrogens is 1. The number of hydrogen-bond donors (Lipinski definition) is 3. The van der Waals surface area contributed by atoms with Gasteiger partial charge in [-0.2, -0.15) is 8.42 Å². The van der Waals surface area contributed by atoms with Crippen molar-refractivity contribution in [2.75, 3.05) is 78.4 Å². The molecule has 3 aliphatic rings. The molecule has 0 bridgehead atoms. The van der Waals surface area contributed by atoms with Gasteiger partial charge in [-0.1, -0.05) is 56.7 Å². The summed E-state index contributed by atoms with van der Waals surface area (Å²) in [5.74, 6) is -0.0242. The minimum Gasteiger partial charge on any atom is -0.492 e. The average Bonchev–Trinajstić information content (AvgIpc) is 3.71. The second-order valence-electron chi connectivity index (χ2n) is 16.2. The van der Waals surface area contributed by atoms with Crippen LogP contribution in [0.4, 0.5) is 5.69 Å². The van der Waals surface area contributed by atoms with E-state index in [0.29, 0.717) is 94.8 Å². The number of fused-ring (bicyclic) bond motifs is 2. The smallest absolute Gasteiger partial charge is 0.333 e. The molecular formula is C49H60N3O12S+. The van der Waals surface area contributed by atoms with Crippen molar-refractivity contribution in [1.82, 2.24) is 9.31 Å². The van der Waals surface area contributed by atoms with Crippen LogP contribution in [0.1, 0.15) is 56.4 Å². The number of hydrogen-bond acceptors (Lipinski definition) is 12. The summed E-state index contributed by atoms with van der Waals surface area (Å²) >= 11 is 0. The summed E-state index contributed by atoms with van der Waals surface area (Å²) in [4.78, 5) is 19.5. The number of allylic oxidation sites excluding steroid dienone is 3. The van der Waals surface area contributed by atoms with Crippen LogP contribution in [0.5, 0.6) is 11.8 Å². The molecule has 16 heteroatoms. The van der Waals surface area contributed by atoms with E-state index in [2.05, 4.69) is 39.8 Å². The molecule has 3 aromatic rings. The molecular weight excluding hydrogens is 855 g/mol. The molecule has 0 atom stereocenters. The quantitative estimate of drug-likeness (QED) is 0.0353. The van der Waals surface area contributed by atoms with Crippen LogP contribution in [0.15, 0.2) is 106 Å². The lowest BCUT2D eigenvalue weighted by Crippen LogP contribution is -2.36. The second kappa shape index (κ2) is 22.4. The summed E-state index contributed by atoms with van der Waals surface area (Å²) in [5.41, 5.74) is 5.77. The number of carbonyl (C=O) groups is 1. The molecule has 0 saturated heterocycles. The summed E-state index contributed by atoms with van der Waals surface area (Å²) in [6.07, 6.45) is 7.76. The third kappa shape index (κ3) is 12.1. The van der Waals surface area contributed by atoms with Gasteiger partial charge < -0.3 is 43.3 Å². The van der Waals surface area contributed by atoms with Crippen LogP contribution in [0, 0.1) is 6.92 Å². The van der Waals surface area contributed by atoms with Gasteiger partial charge in [-0.05, 0) is 72.9 Å². The summed E-state index contributed by atoms with van der Waals surface area (Å²) in [6.45, 7) is 10.9. The van der Waals surface area contributed by atoms with Gasteiger partial charge in [0.05, 0.1) is 37.4 Å². The van der Waals surface area contributed by atoms with E-state index in [0.717, 1.165) is 44.6 Å². The molecule has 1 aliphatic carbocycles. The van der Waals surface area contributed by atoms with Gasteiger partial charge in [0.25, 0.3) is 10.1 Å². The largest absolute Gasteiger partial charge is 0.492 e. The number of nitrogens with zero attached hydrogens (tertiary/aromatic N) is 3. The van der Waals surface area contributed by atoms with Crippen molar-refractivity contribution in [2.45, 2.75) is 56.8 Å². The maximum Gasteiger partial charge on any atom is 0.333 e. The Morgan fingerprint density at radius 3 is 2.15 bits per heavy atom. The number of aromatic hydroxyl groups is 2. The predicted molar refractivity (Wildman–Crippen MR) is 247 cm³/mol. The fourth-order valence-corrected chi connectivity index (χ4v) is 8.51. The highest BCUT2D eigenvalue weighted by molar-refractivity contribution is 7.85. The van der Waals surface area contributed by atoms with Gasteiger partial charge in [0.2, 0.25) is 17.1 Å². The van der Waals surface area contributed by atoms with E-state index in [1.807, 2.05) is 57.2 Å². The van der Waals surface area contributed by atoms with E-state index in [9.17, 15) is 28.0 Å². The Balaban J connectivity index is 1.33. The van der Waals surface area contributed by atoms with Crippen LogP contribution in [0.25, 0.3) is 28.5 Å². The zero-order chi connectivity index (χ0) is 46.6. The highest BCUT2D eigenvalue weighted by atomic mass is 32.2. The molecule has 0 fully saturated rings. The number of anilines is 1. The van der Waals surface area contributed by atoms with E-state index in [1.165, 1.54) is 24.3 Å². The van der Waals surface area contributed by atoms with Gasteiger partial charge >= 0.3 is 5.97 Å². The minimum absolute atomic E-state index is 0.0635. The fraction of sp³-hybridized carbons (Fsp3) is 0.388. The number of unbranched alkanes of at least 4 members (excludes halogenated alkanes) is 2. The normalized spacial score (nSPS) is 14.2. The first-order chi connectivity index (χ1) is 31.2. The maximum atomic E-state index is 12.5. The van der Waals surface area contributed by atoms with Crippen LogP contribution in [0.3, 0.4) is 0 Å². The van der Waals surface area contributed by atoms with Crippen LogP contribution in [-0.4, -0.2) is 107 Å². The number of methoxy groups -OCH3 is 2. The maximum absolute atomic E-state index is 12.5. The highest BCUT2D eigenvalue weighted by Gasteiger charge is 2.40. The molecule has 65 heavy (non-hydrogen) atoms. The van der Waals surface area contributed by atoms with Crippen molar-refractivity contribution in [3.63, 3.8) is 0 Å². The topological polar surface area (TPSA) is 182 Å². The standard InChI is InChI=1S/C49H59N3O12S/c1-35-42(63-43-33-37(18-20-39(43)48(35)36-13-8-6-9-14-36)50(25-27-61-31-29-59-4)26-28-62-32-30-60-5)15-12-16-44-49(2,3)40-34-38(65(56,57)58)19-21-41(40)51(44)24-11-7-10-17-47(55)64-52-45(53)22-23-46(52)54/h6,8-9,12-16,18-23,33-34H,7,10-11,17,24-32H2,1-5H3,(H2-,53,54,56,57,58)/p+1. The molecule has 3 N–H and O–H groups in total. The van der Waals surface area contributed by atoms with Crippen LogP contribution in [0.2, 0.25) is 0 Å². The monoisotopic (exact) mass is 914 g/mol. The molecule has 348 valence electrons. The Bertz CT molecular complexity index is 2580.